The minimum Gasteiger partial charge on any atom is -0.454 e. The molecule has 4 aliphatic carbocycles. The SMILES string of the molecule is C[C@@H]1C[C@@H]2[C@@H]3CCC4=CC(=O)CC[C@]4(C)C3=CC[C@@]2(C)[C@@]1(O)C(=O)COC(=O)c1ccccc1. The summed E-state index contributed by atoms with van der Waals surface area (Å²) in [4.78, 5) is 37.9. The van der Waals surface area contributed by atoms with E-state index < -0.39 is 29.4 Å². The third kappa shape index (κ3) is 3.19. The lowest BCUT2D eigenvalue weighted by molar-refractivity contribution is -0.161. The lowest BCUT2D eigenvalue weighted by atomic mass is 9.50. The molecule has 0 spiro atoms. The second-order valence-corrected chi connectivity index (χ2v) is 11.3. The van der Waals surface area contributed by atoms with Crippen molar-refractivity contribution in [3.05, 3.63) is 59.2 Å². The number of fused-ring (bicyclic) bond motifs is 5. The maximum atomic E-state index is 13.5. The molecule has 2 saturated carbocycles. The molecule has 0 aromatic heterocycles. The number of esters is 1. The maximum Gasteiger partial charge on any atom is 0.338 e. The van der Waals surface area contributed by atoms with Crippen molar-refractivity contribution in [2.75, 3.05) is 6.61 Å². The molecule has 180 valence electrons. The molecule has 0 bridgehead atoms. The fraction of sp³-hybridized carbons (Fsp3) is 0.552. The monoisotopic (exact) mass is 462 g/mol. The fourth-order valence-corrected chi connectivity index (χ4v) is 7.69. The van der Waals surface area contributed by atoms with Crippen molar-refractivity contribution >= 4 is 17.5 Å². The van der Waals surface area contributed by atoms with Gasteiger partial charge in [-0.05, 0) is 68.1 Å². The van der Waals surface area contributed by atoms with Crippen molar-refractivity contribution in [2.45, 2.75) is 64.9 Å². The molecule has 0 heterocycles. The third-order valence-corrected chi connectivity index (χ3v) is 9.69. The van der Waals surface area contributed by atoms with Gasteiger partial charge >= 0.3 is 5.97 Å². The molecule has 0 amide bonds. The summed E-state index contributed by atoms with van der Waals surface area (Å²) in [5, 5.41) is 12.0. The molecular weight excluding hydrogens is 428 g/mol. The van der Waals surface area contributed by atoms with Gasteiger partial charge in [-0.3, -0.25) is 9.59 Å². The Morgan fingerprint density at radius 1 is 1.15 bits per heavy atom. The first-order valence-corrected chi connectivity index (χ1v) is 12.5. The molecule has 34 heavy (non-hydrogen) atoms. The van der Waals surface area contributed by atoms with Crippen molar-refractivity contribution in [3.8, 4) is 0 Å². The van der Waals surface area contributed by atoms with Crippen LogP contribution < -0.4 is 0 Å². The van der Waals surface area contributed by atoms with Crippen LogP contribution in [-0.2, 0) is 14.3 Å². The van der Waals surface area contributed by atoms with E-state index in [4.69, 9.17) is 4.74 Å². The Hall–Kier alpha value is -2.53. The highest BCUT2D eigenvalue weighted by Gasteiger charge is 2.67. The van der Waals surface area contributed by atoms with Crippen LogP contribution in [0.1, 0.15) is 69.7 Å². The second kappa shape index (κ2) is 8.01. The van der Waals surface area contributed by atoms with E-state index in [0.717, 1.165) is 25.7 Å². The zero-order chi connectivity index (χ0) is 24.3. The van der Waals surface area contributed by atoms with Crippen LogP contribution >= 0.6 is 0 Å². The molecule has 5 nitrogen and oxygen atoms in total. The summed E-state index contributed by atoms with van der Waals surface area (Å²) in [5.74, 6) is -0.482. The molecule has 1 aromatic rings. The molecule has 0 unspecified atom stereocenters. The molecule has 5 heteroatoms. The maximum absolute atomic E-state index is 13.5. The topological polar surface area (TPSA) is 80.7 Å². The van der Waals surface area contributed by atoms with Crippen molar-refractivity contribution in [3.63, 3.8) is 0 Å². The van der Waals surface area contributed by atoms with Gasteiger partial charge in [-0.1, -0.05) is 56.2 Å². The van der Waals surface area contributed by atoms with Crippen LogP contribution in [0.5, 0.6) is 0 Å². The van der Waals surface area contributed by atoms with Crippen molar-refractivity contribution < 1.29 is 24.2 Å². The number of hydrogen-bond acceptors (Lipinski definition) is 5. The Morgan fingerprint density at radius 3 is 2.62 bits per heavy atom. The molecule has 1 aromatic carbocycles. The minimum absolute atomic E-state index is 0.0860. The Labute approximate surface area is 201 Å². The number of ketones is 2. The van der Waals surface area contributed by atoms with Crippen molar-refractivity contribution in [2.24, 2.45) is 28.6 Å². The van der Waals surface area contributed by atoms with Gasteiger partial charge in [0.1, 0.15) is 5.60 Å². The average Bonchev–Trinajstić information content (AvgIpc) is 3.05. The number of Topliss-reactive ketones (excluding diaryl/α,β-unsaturated/α-hetero) is 1. The summed E-state index contributed by atoms with van der Waals surface area (Å²) in [6, 6.07) is 8.60. The van der Waals surface area contributed by atoms with E-state index in [2.05, 4.69) is 13.0 Å². The minimum atomic E-state index is -1.55. The van der Waals surface area contributed by atoms with Crippen LogP contribution in [0.25, 0.3) is 0 Å². The smallest absolute Gasteiger partial charge is 0.338 e. The van der Waals surface area contributed by atoms with Crippen LogP contribution in [0.4, 0.5) is 0 Å². The van der Waals surface area contributed by atoms with Gasteiger partial charge in [0.15, 0.2) is 12.4 Å². The van der Waals surface area contributed by atoms with E-state index in [9.17, 15) is 19.5 Å². The van der Waals surface area contributed by atoms with Crippen molar-refractivity contribution in [1.82, 2.24) is 0 Å². The number of allylic oxidation sites excluding steroid dienone is 4. The lowest BCUT2D eigenvalue weighted by Gasteiger charge is -2.54. The van der Waals surface area contributed by atoms with Gasteiger partial charge in [0.2, 0.25) is 5.78 Å². The molecular formula is C29H34O5. The molecule has 0 radical (unpaired) electrons. The Kier molecular flexibility index (Phi) is 5.47. The number of carbonyl (C=O) groups excluding carboxylic acids is 3. The van der Waals surface area contributed by atoms with E-state index in [-0.39, 0.29) is 23.0 Å². The summed E-state index contributed by atoms with van der Waals surface area (Å²) in [6.07, 6.45) is 8.77. The quantitative estimate of drug-likeness (QED) is 0.511. The van der Waals surface area contributed by atoms with Crippen molar-refractivity contribution in [1.29, 1.82) is 0 Å². The second-order valence-electron chi connectivity index (χ2n) is 11.3. The summed E-state index contributed by atoms with van der Waals surface area (Å²) >= 11 is 0. The standard InChI is InChI=1S/C29H34O5/c1-18-15-24-22-10-9-20-16-21(30)11-13-27(20,2)23(22)12-14-28(24,3)29(18,33)25(31)17-34-26(32)19-7-5-4-6-8-19/h4-8,12,16,18,22,24,33H,9-11,13-15,17H2,1-3H3/t18-,22-,24-,27+,28-,29+/m1/s1. The zero-order valence-electron chi connectivity index (χ0n) is 20.3. The molecule has 1 N–H and O–H groups in total. The highest BCUT2D eigenvalue weighted by molar-refractivity contribution is 5.95. The number of ether oxygens (including phenoxy) is 1. The summed E-state index contributed by atoms with van der Waals surface area (Å²) in [7, 11) is 0. The van der Waals surface area contributed by atoms with E-state index >= 15 is 0 Å². The lowest BCUT2D eigenvalue weighted by Crippen LogP contribution is -2.57. The summed E-state index contributed by atoms with van der Waals surface area (Å²) in [5.41, 5.74) is 0.799. The molecule has 5 rings (SSSR count). The van der Waals surface area contributed by atoms with E-state index in [1.54, 1.807) is 24.3 Å². The van der Waals surface area contributed by atoms with Crippen LogP contribution in [0.15, 0.2) is 53.6 Å². The first-order chi connectivity index (χ1) is 16.1. The van der Waals surface area contributed by atoms with Crippen LogP contribution in [-0.4, -0.2) is 34.9 Å². The average molecular weight is 463 g/mol. The number of carbonyl (C=O) groups is 3. The van der Waals surface area contributed by atoms with Gasteiger partial charge in [-0.2, -0.15) is 0 Å². The van der Waals surface area contributed by atoms with Gasteiger partial charge in [0.25, 0.3) is 0 Å². The largest absolute Gasteiger partial charge is 0.454 e. The normalized spacial score (nSPS) is 38.7. The molecule has 0 aliphatic heterocycles. The van der Waals surface area contributed by atoms with Gasteiger partial charge in [0, 0.05) is 17.3 Å². The molecule has 4 aliphatic rings. The van der Waals surface area contributed by atoms with Gasteiger partial charge in [0.05, 0.1) is 5.56 Å². The fourth-order valence-electron chi connectivity index (χ4n) is 7.69. The van der Waals surface area contributed by atoms with E-state index in [1.165, 1.54) is 11.1 Å². The van der Waals surface area contributed by atoms with Crippen LogP contribution in [0.3, 0.4) is 0 Å². The Morgan fingerprint density at radius 2 is 1.88 bits per heavy atom. The van der Waals surface area contributed by atoms with E-state index in [0.29, 0.717) is 24.3 Å². The van der Waals surface area contributed by atoms with Gasteiger partial charge in [-0.15, -0.1) is 0 Å². The van der Waals surface area contributed by atoms with Gasteiger partial charge < -0.3 is 9.84 Å². The van der Waals surface area contributed by atoms with Crippen LogP contribution in [0.2, 0.25) is 0 Å². The molecule has 2 fully saturated rings. The Bertz CT molecular complexity index is 1100. The zero-order valence-corrected chi connectivity index (χ0v) is 20.3. The number of aliphatic hydroxyl groups is 1. The highest BCUT2D eigenvalue weighted by Crippen LogP contribution is 2.66. The predicted molar refractivity (Wildman–Crippen MR) is 128 cm³/mol. The number of rotatable bonds is 4. The summed E-state index contributed by atoms with van der Waals surface area (Å²) < 4.78 is 5.34. The first-order valence-electron chi connectivity index (χ1n) is 12.5. The van der Waals surface area contributed by atoms with Gasteiger partial charge in [-0.25, -0.2) is 4.79 Å². The molecule has 0 saturated heterocycles. The van der Waals surface area contributed by atoms with E-state index in [1.807, 2.05) is 26.0 Å². The number of hydrogen-bond donors (Lipinski definition) is 1. The Balaban J connectivity index is 1.41. The third-order valence-electron chi connectivity index (χ3n) is 9.69. The molecule has 6 atom stereocenters. The highest BCUT2D eigenvalue weighted by atomic mass is 16.5. The first kappa shape index (κ1) is 23.2. The number of benzene rings is 1. The summed E-state index contributed by atoms with van der Waals surface area (Å²) in [6.45, 7) is 5.84. The van der Waals surface area contributed by atoms with Crippen LogP contribution in [0, 0.1) is 28.6 Å². The predicted octanol–water partition coefficient (Wildman–Crippen LogP) is 4.84.